The Balaban J connectivity index is 3.09. The van der Waals surface area contributed by atoms with Crippen molar-refractivity contribution in [2.75, 3.05) is 0 Å². The van der Waals surface area contributed by atoms with Gasteiger partial charge in [0.1, 0.15) is 0 Å². The number of allylic oxidation sites excluding steroid dienone is 4. The van der Waals surface area contributed by atoms with Crippen LogP contribution in [0.2, 0.25) is 0 Å². The monoisotopic (exact) mass is 301 g/mol. The molecule has 53 valence electrons. The molecule has 0 spiro atoms. The Bertz CT molecular complexity index is 197. The first-order valence-electron chi connectivity index (χ1n) is 3.65. The average molecular weight is 300 g/mol. The van der Waals surface area contributed by atoms with Gasteiger partial charge in [0.15, 0.2) is 0 Å². The van der Waals surface area contributed by atoms with E-state index >= 15 is 0 Å². The number of hydrogen-bond donors (Lipinski definition) is 0. The summed E-state index contributed by atoms with van der Waals surface area (Å²) in [5.74, 6) is 0.756. The van der Waals surface area contributed by atoms with Crippen LogP contribution in [0.5, 0.6) is 0 Å². The molecule has 1 aliphatic rings. The molecule has 10 heavy (non-hydrogen) atoms. The van der Waals surface area contributed by atoms with Gasteiger partial charge in [0.05, 0.1) is 0 Å². The molecule has 0 aromatic heterocycles. The summed E-state index contributed by atoms with van der Waals surface area (Å²) in [4.78, 5) is 0. The first-order valence-corrected chi connectivity index (χ1v) is 5.45. The Morgan fingerprint density at radius 3 is 1.70 bits per heavy atom. The van der Waals surface area contributed by atoms with E-state index in [0.29, 0.717) is 0 Å². The van der Waals surface area contributed by atoms with Gasteiger partial charge in [0.2, 0.25) is 0 Å². The van der Waals surface area contributed by atoms with E-state index in [4.69, 9.17) is 0 Å². The molecule has 0 bridgehead atoms. The Hall–Kier alpha value is 0.350. The van der Waals surface area contributed by atoms with Crippen LogP contribution in [0.25, 0.3) is 0 Å². The minimum atomic E-state index is 0.756. The van der Waals surface area contributed by atoms with Crippen LogP contribution in [0.15, 0.2) is 20.0 Å². The Kier molecular flexibility index (Phi) is 2.34. The fourth-order valence-electron chi connectivity index (χ4n) is 1.36. The molecule has 1 heteroatoms. The van der Waals surface area contributed by atoms with Crippen LogP contribution >= 0.6 is 0 Å². The second-order valence-corrected chi connectivity index (χ2v) is 5.00. The topological polar surface area (TPSA) is 0 Å². The maximum atomic E-state index is 2.32. The predicted molar refractivity (Wildman–Crippen MR) is 40.2 cm³/mol. The van der Waals surface area contributed by atoms with Gasteiger partial charge in [-0.2, -0.15) is 0 Å². The quantitative estimate of drug-likeness (QED) is 0.604. The molecule has 1 unspecified atom stereocenters. The number of hydrogen-bond acceptors (Lipinski definition) is 0. The molecular weight excluding hydrogens is 287 g/mol. The predicted octanol–water partition coefficient (Wildman–Crippen LogP) is 2.79. The van der Waals surface area contributed by atoms with E-state index < -0.39 is 0 Å². The van der Waals surface area contributed by atoms with E-state index in [2.05, 4.69) is 27.7 Å². The van der Waals surface area contributed by atoms with Gasteiger partial charge in [-0.15, -0.1) is 0 Å². The van der Waals surface area contributed by atoms with E-state index in [-0.39, 0.29) is 0 Å². The van der Waals surface area contributed by atoms with Crippen LogP contribution in [0.3, 0.4) is 0 Å². The average Bonchev–Trinajstić information content (AvgIpc) is 2.07. The molecule has 0 aromatic rings. The van der Waals surface area contributed by atoms with Crippen molar-refractivity contribution in [3.63, 3.8) is 0 Å². The molecule has 0 heterocycles. The molecule has 0 aliphatic heterocycles. The zero-order chi connectivity index (χ0) is 7.89. The van der Waals surface area contributed by atoms with Crippen LogP contribution in [0.4, 0.5) is 0 Å². The fraction of sp³-hybridized carbons (Fsp3) is 0.556. The van der Waals surface area contributed by atoms with E-state index in [1.807, 2.05) is 0 Å². The normalized spacial score (nSPS) is 26.5. The van der Waals surface area contributed by atoms with Crippen molar-refractivity contribution in [1.82, 2.24) is 0 Å². The van der Waals surface area contributed by atoms with Crippen molar-refractivity contribution in [3.05, 3.63) is 20.0 Å². The summed E-state index contributed by atoms with van der Waals surface area (Å²) in [5.41, 5.74) is 4.69. The van der Waals surface area contributed by atoms with Gasteiger partial charge in [0.25, 0.3) is 0 Å². The zero-order valence-corrected chi connectivity index (χ0v) is 10.7. The Morgan fingerprint density at radius 2 is 1.60 bits per heavy atom. The van der Waals surface area contributed by atoms with Gasteiger partial charge in [-0.3, -0.25) is 0 Å². The summed E-state index contributed by atoms with van der Waals surface area (Å²) in [6.45, 7) is 9.07. The van der Waals surface area contributed by atoms with E-state index in [1.165, 1.54) is 29.9 Å². The van der Waals surface area contributed by atoms with E-state index in [0.717, 1.165) is 5.92 Å². The van der Waals surface area contributed by atoms with Crippen molar-refractivity contribution < 1.29 is 24.4 Å². The van der Waals surface area contributed by atoms with E-state index in [9.17, 15) is 0 Å². The summed E-state index contributed by atoms with van der Waals surface area (Å²) in [7, 11) is 0. The standard InChI is InChI=1S/C9H13.Hf/c1-6-5-7(2)9(4)8(6)3;/h6H,1-4H3;. The van der Waals surface area contributed by atoms with Crippen molar-refractivity contribution in [3.8, 4) is 0 Å². The van der Waals surface area contributed by atoms with Crippen molar-refractivity contribution in [2.45, 2.75) is 27.7 Å². The SMILES string of the molecule is CC1=C(C)C(C)[C]([Hf])=C1C. The van der Waals surface area contributed by atoms with Crippen LogP contribution in [-0.4, -0.2) is 0 Å². The molecule has 0 aromatic carbocycles. The minimum absolute atomic E-state index is 0.756. The zero-order valence-electron chi connectivity index (χ0n) is 7.08. The van der Waals surface area contributed by atoms with Crippen LogP contribution in [0, 0.1) is 5.92 Å². The third-order valence-electron chi connectivity index (χ3n) is 2.64. The van der Waals surface area contributed by atoms with Gasteiger partial charge < -0.3 is 0 Å². The van der Waals surface area contributed by atoms with Gasteiger partial charge in [-0.05, 0) is 0 Å². The molecule has 0 N–H and O–H groups in total. The Labute approximate surface area is 78.0 Å². The van der Waals surface area contributed by atoms with Crippen molar-refractivity contribution in [1.29, 1.82) is 0 Å². The molecule has 0 amide bonds. The molecule has 0 saturated heterocycles. The first kappa shape index (κ1) is 8.45. The molecule has 0 nitrogen and oxygen atoms in total. The fourth-order valence-corrected chi connectivity index (χ4v) is 2.82. The van der Waals surface area contributed by atoms with Crippen molar-refractivity contribution >= 4 is 0 Å². The third-order valence-corrected chi connectivity index (χ3v) is 5.54. The summed E-state index contributed by atoms with van der Waals surface area (Å²) in [5, 5.41) is 0. The second kappa shape index (κ2) is 2.77. The molecule has 0 saturated carbocycles. The van der Waals surface area contributed by atoms with Crippen molar-refractivity contribution in [2.24, 2.45) is 5.92 Å². The molecule has 1 rings (SSSR count). The van der Waals surface area contributed by atoms with Crippen LogP contribution in [0.1, 0.15) is 27.7 Å². The summed E-state index contributed by atoms with van der Waals surface area (Å²) in [6, 6.07) is 0. The molecule has 1 aliphatic carbocycles. The molecular formula is C9H13Hf. The second-order valence-electron chi connectivity index (χ2n) is 3.07. The summed E-state index contributed by atoms with van der Waals surface area (Å²) in [6.07, 6.45) is 0. The van der Waals surface area contributed by atoms with Gasteiger partial charge in [-0.25, -0.2) is 0 Å². The molecule has 0 fully saturated rings. The number of rotatable bonds is 0. The molecule has 0 radical (unpaired) electrons. The van der Waals surface area contributed by atoms with Crippen LogP contribution in [-0.2, 0) is 24.4 Å². The van der Waals surface area contributed by atoms with Gasteiger partial charge in [-0.1, -0.05) is 0 Å². The molecule has 1 atom stereocenters. The maximum absolute atomic E-state index is 2.32. The van der Waals surface area contributed by atoms with E-state index in [1.54, 1.807) is 14.5 Å². The third kappa shape index (κ3) is 1.09. The summed E-state index contributed by atoms with van der Waals surface area (Å²) < 4.78 is 1.69. The van der Waals surface area contributed by atoms with Crippen LogP contribution < -0.4 is 0 Å². The van der Waals surface area contributed by atoms with Gasteiger partial charge in [0, 0.05) is 0 Å². The first-order chi connectivity index (χ1) is 4.55. The van der Waals surface area contributed by atoms with Gasteiger partial charge >= 0.3 is 78.0 Å². The summed E-state index contributed by atoms with van der Waals surface area (Å²) >= 11 is 1.23. The Morgan fingerprint density at radius 1 is 1.10 bits per heavy atom.